The molecule has 1 heterocycles. The van der Waals surface area contributed by atoms with Gasteiger partial charge in [0.15, 0.2) is 0 Å². The number of nitrogens with one attached hydrogen (secondary N) is 2. The van der Waals surface area contributed by atoms with Gasteiger partial charge in [-0.3, -0.25) is 24.6 Å². The summed E-state index contributed by atoms with van der Waals surface area (Å²) in [4.78, 5) is 35.8. The highest BCUT2D eigenvalue weighted by atomic mass is 16.2. The van der Waals surface area contributed by atoms with Gasteiger partial charge >= 0.3 is 0 Å². The Bertz CT molecular complexity index is 395. The molecule has 0 saturated carbocycles. The Morgan fingerprint density at radius 1 is 1.59 bits per heavy atom. The molecule has 0 aromatic carbocycles. The third kappa shape index (κ3) is 3.04. The van der Waals surface area contributed by atoms with E-state index in [1.54, 1.807) is 13.8 Å². The Morgan fingerprint density at radius 2 is 2.24 bits per heavy atom. The molecule has 1 saturated heterocycles. The third-order valence-electron chi connectivity index (χ3n) is 2.66. The van der Waals surface area contributed by atoms with Crippen LogP contribution >= 0.6 is 0 Å². The summed E-state index contributed by atoms with van der Waals surface area (Å²) < 4.78 is 0. The van der Waals surface area contributed by atoms with Crippen LogP contribution in [0.5, 0.6) is 0 Å². The molecular formula is C11H15N3O3. The number of imide groups is 1. The quantitative estimate of drug-likeness (QED) is 0.461. The van der Waals surface area contributed by atoms with E-state index in [4.69, 9.17) is 6.42 Å². The predicted octanol–water partition coefficient (Wildman–Crippen LogP) is -1.53. The van der Waals surface area contributed by atoms with Crippen LogP contribution in [0, 0.1) is 12.3 Å². The lowest BCUT2D eigenvalue weighted by Crippen LogP contribution is -2.65. The predicted molar refractivity (Wildman–Crippen MR) is 60.6 cm³/mol. The molecule has 0 aromatic rings. The average Bonchev–Trinajstić information content (AvgIpc) is 2.23. The van der Waals surface area contributed by atoms with E-state index in [1.807, 2.05) is 0 Å². The molecule has 1 aliphatic rings. The first kappa shape index (κ1) is 13.2. The van der Waals surface area contributed by atoms with E-state index in [9.17, 15) is 14.4 Å². The summed E-state index contributed by atoms with van der Waals surface area (Å²) >= 11 is 0. The molecule has 1 fully saturated rings. The normalized spacial score (nSPS) is 19.4. The molecule has 0 unspecified atom stereocenters. The number of rotatable bonds is 3. The summed E-state index contributed by atoms with van der Waals surface area (Å²) in [6, 6.07) is 0. The first-order valence-electron chi connectivity index (χ1n) is 5.17. The Hall–Kier alpha value is -1.87. The molecule has 0 spiro atoms. The number of piperazine rings is 1. The summed E-state index contributed by atoms with van der Waals surface area (Å²) in [6.07, 6.45) is 5.01. The monoisotopic (exact) mass is 237 g/mol. The van der Waals surface area contributed by atoms with Gasteiger partial charge in [-0.15, -0.1) is 6.42 Å². The smallest absolute Gasteiger partial charge is 0.246 e. The van der Waals surface area contributed by atoms with Crippen LogP contribution in [-0.2, 0) is 14.4 Å². The molecule has 2 N–H and O–H groups in total. The highest BCUT2D eigenvalue weighted by molar-refractivity contribution is 6.03. The lowest BCUT2D eigenvalue weighted by atomic mass is 9.99. The maximum absolute atomic E-state index is 11.6. The van der Waals surface area contributed by atoms with Crippen LogP contribution in [0.4, 0.5) is 0 Å². The van der Waals surface area contributed by atoms with Gasteiger partial charge in [-0.2, -0.15) is 0 Å². The van der Waals surface area contributed by atoms with Crippen LogP contribution in [0.1, 0.15) is 13.8 Å². The van der Waals surface area contributed by atoms with Gasteiger partial charge in [-0.1, -0.05) is 5.92 Å². The van der Waals surface area contributed by atoms with E-state index in [0.29, 0.717) is 0 Å². The second kappa shape index (κ2) is 4.97. The van der Waals surface area contributed by atoms with Crippen molar-refractivity contribution in [3.8, 4) is 12.3 Å². The molecule has 1 rings (SSSR count). The molecule has 0 aromatic heterocycles. The van der Waals surface area contributed by atoms with Crippen molar-refractivity contribution in [3.63, 3.8) is 0 Å². The number of amides is 3. The average molecular weight is 237 g/mol. The summed E-state index contributed by atoms with van der Waals surface area (Å²) in [5.74, 6) is 1.16. The number of nitrogens with zero attached hydrogens (tertiary/aromatic N) is 1. The molecule has 0 atom stereocenters. The zero-order valence-corrected chi connectivity index (χ0v) is 9.87. The van der Waals surface area contributed by atoms with Gasteiger partial charge in [0.05, 0.1) is 25.2 Å². The second-order valence-electron chi connectivity index (χ2n) is 4.27. The third-order valence-corrected chi connectivity index (χ3v) is 2.66. The molecule has 0 radical (unpaired) electrons. The molecule has 17 heavy (non-hydrogen) atoms. The Labute approximate surface area is 99.7 Å². The fraction of sp³-hybridized carbons (Fsp3) is 0.545. The van der Waals surface area contributed by atoms with E-state index in [0.717, 1.165) is 0 Å². The van der Waals surface area contributed by atoms with Crippen molar-refractivity contribution >= 4 is 17.7 Å². The van der Waals surface area contributed by atoms with Crippen LogP contribution in [0.2, 0.25) is 0 Å². The van der Waals surface area contributed by atoms with Crippen molar-refractivity contribution in [2.75, 3.05) is 19.6 Å². The van der Waals surface area contributed by atoms with Gasteiger partial charge in [0.25, 0.3) is 0 Å². The minimum absolute atomic E-state index is 0.0161. The second-order valence-corrected chi connectivity index (χ2v) is 4.27. The minimum atomic E-state index is -0.888. The number of hydrogen-bond donors (Lipinski definition) is 2. The Morgan fingerprint density at radius 3 is 2.82 bits per heavy atom. The lowest BCUT2D eigenvalue weighted by Gasteiger charge is -2.39. The van der Waals surface area contributed by atoms with Crippen molar-refractivity contribution < 1.29 is 14.4 Å². The number of hydrogen-bond acceptors (Lipinski definition) is 4. The zero-order valence-electron chi connectivity index (χ0n) is 9.87. The largest absolute Gasteiger partial charge is 0.344 e. The van der Waals surface area contributed by atoms with Gasteiger partial charge in [-0.05, 0) is 13.8 Å². The Kier molecular flexibility index (Phi) is 3.86. The van der Waals surface area contributed by atoms with Crippen molar-refractivity contribution in [2.24, 2.45) is 0 Å². The van der Waals surface area contributed by atoms with Gasteiger partial charge in [0.2, 0.25) is 17.7 Å². The highest BCUT2D eigenvalue weighted by Gasteiger charge is 2.41. The topological polar surface area (TPSA) is 78.5 Å². The van der Waals surface area contributed by atoms with Gasteiger partial charge in [0, 0.05) is 0 Å². The molecule has 6 heteroatoms. The molecular weight excluding hydrogens is 222 g/mol. The number of carbonyl (C=O) groups excluding carboxylic acids is 3. The highest BCUT2D eigenvalue weighted by Crippen LogP contribution is 2.17. The maximum atomic E-state index is 11.6. The number of terminal acetylenes is 1. The van der Waals surface area contributed by atoms with Crippen LogP contribution in [0.3, 0.4) is 0 Å². The fourth-order valence-corrected chi connectivity index (χ4v) is 1.47. The van der Waals surface area contributed by atoms with E-state index >= 15 is 0 Å². The SMILES string of the molecule is C#CCNC(=O)CN1CC(=O)NC(=O)C1(C)C. The number of carbonyl (C=O) groups is 3. The van der Waals surface area contributed by atoms with Gasteiger partial charge < -0.3 is 5.32 Å². The van der Waals surface area contributed by atoms with E-state index in [2.05, 4.69) is 16.6 Å². The summed E-state index contributed by atoms with van der Waals surface area (Å²) in [6.45, 7) is 3.43. The van der Waals surface area contributed by atoms with Gasteiger partial charge in [0.1, 0.15) is 0 Å². The molecule has 3 amide bonds. The maximum Gasteiger partial charge on any atom is 0.246 e. The minimum Gasteiger partial charge on any atom is -0.344 e. The van der Waals surface area contributed by atoms with Crippen molar-refractivity contribution in [1.82, 2.24) is 15.5 Å². The standard InChI is InChI=1S/C11H15N3O3/c1-4-5-12-8(15)6-14-7-9(16)13-10(17)11(14,2)3/h1H,5-7H2,2-3H3,(H,12,15)(H,13,16,17). The van der Waals surface area contributed by atoms with Crippen molar-refractivity contribution in [3.05, 3.63) is 0 Å². The first-order chi connectivity index (χ1) is 7.87. The molecule has 6 nitrogen and oxygen atoms in total. The van der Waals surface area contributed by atoms with Crippen molar-refractivity contribution in [1.29, 1.82) is 0 Å². The zero-order chi connectivity index (χ0) is 13.1. The van der Waals surface area contributed by atoms with Crippen molar-refractivity contribution in [2.45, 2.75) is 19.4 Å². The van der Waals surface area contributed by atoms with Crippen LogP contribution in [0.15, 0.2) is 0 Å². The van der Waals surface area contributed by atoms with E-state index in [1.165, 1.54) is 4.90 Å². The Balaban J connectivity index is 2.68. The summed E-state index contributed by atoms with van der Waals surface area (Å²) in [5.41, 5.74) is -0.888. The summed E-state index contributed by atoms with van der Waals surface area (Å²) in [5, 5.41) is 4.72. The molecule has 0 bridgehead atoms. The van der Waals surface area contributed by atoms with Gasteiger partial charge in [-0.25, -0.2) is 0 Å². The first-order valence-corrected chi connectivity index (χ1v) is 5.17. The van der Waals surface area contributed by atoms with Crippen LogP contribution < -0.4 is 10.6 Å². The van der Waals surface area contributed by atoms with Crippen LogP contribution in [0.25, 0.3) is 0 Å². The molecule has 1 aliphatic heterocycles. The van der Waals surface area contributed by atoms with Crippen LogP contribution in [-0.4, -0.2) is 47.8 Å². The van der Waals surface area contributed by atoms with E-state index < -0.39 is 17.4 Å². The van der Waals surface area contributed by atoms with E-state index in [-0.39, 0.29) is 25.5 Å². The lowest BCUT2D eigenvalue weighted by molar-refractivity contribution is -0.146. The molecule has 92 valence electrons. The summed E-state index contributed by atoms with van der Waals surface area (Å²) in [7, 11) is 0. The fourth-order valence-electron chi connectivity index (χ4n) is 1.47. The molecule has 0 aliphatic carbocycles.